The van der Waals surface area contributed by atoms with Gasteiger partial charge in [0.15, 0.2) is 0 Å². The second kappa shape index (κ2) is 8.61. The van der Waals surface area contributed by atoms with Crippen molar-refractivity contribution in [1.29, 1.82) is 0 Å². The topological polar surface area (TPSA) is 56.9 Å². The van der Waals surface area contributed by atoms with E-state index < -0.39 is 11.9 Å². The number of rotatable bonds is 2. The molecule has 5 nitrogen and oxygen atoms in total. The van der Waals surface area contributed by atoms with E-state index in [1.807, 2.05) is 24.3 Å². The SMILES string of the molecule is CN1[CH+]N(c2[c-]ccc3c2oc2ccccc23)CC1.[CH2-]C(C)C(=O)O.[Pt+2]. The number of hydrogen-bond acceptors (Lipinski definition) is 4. The van der Waals surface area contributed by atoms with Gasteiger partial charge < -0.3 is 16.4 Å². The number of furan rings is 1. The molecule has 0 saturated carbocycles. The molecule has 0 amide bonds. The first-order valence-electron chi connectivity index (χ1n) is 8.17. The Balaban J connectivity index is 0.000000305. The molecule has 0 bridgehead atoms. The molecule has 1 atom stereocenters. The Labute approximate surface area is 167 Å². The maximum Gasteiger partial charge on any atom is 2.00 e. The minimum Gasteiger partial charge on any atom is -0.513 e. The molecule has 1 saturated heterocycles. The fourth-order valence-electron chi connectivity index (χ4n) is 2.68. The van der Waals surface area contributed by atoms with Crippen LogP contribution in [0.1, 0.15) is 6.92 Å². The Bertz CT molecular complexity index is 891. The number of fused-ring (bicyclic) bond motifs is 3. The molecule has 0 aliphatic carbocycles. The predicted molar refractivity (Wildman–Crippen MR) is 99.0 cm³/mol. The largest absolute Gasteiger partial charge is 2.00 e. The molecule has 3 aromatic rings. The average Bonchev–Trinajstić information content (AvgIpc) is 3.18. The third-order valence-corrected chi connectivity index (χ3v) is 4.06. The van der Waals surface area contributed by atoms with Gasteiger partial charge in [0, 0.05) is 23.7 Å². The van der Waals surface area contributed by atoms with E-state index in [1.54, 1.807) is 0 Å². The van der Waals surface area contributed by atoms with Crippen molar-refractivity contribution in [3.05, 3.63) is 56.1 Å². The van der Waals surface area contributed by atoms with Crippen LogP contribution in [-0.4, -0.2) is 36.1 Å². The van der Waals surface area contributed by atoms with Gasteiger partial charge in [0.1, 0.15) is 5.58 Å². The van der Waals surface area contributed by atoms with Crippen molar-refractivity contribution in [1.82, 2.24) is 4.90 Å². The first-order valence-corrected chi connectivity index (χ1v) is 8.17. The average molecular weight is 532 g/mol. The first kappa shape index (κ1) is 20.3. The van der Waals surface area contributed by atoms with E-state index in [1.165, 1.54) is 12.3 Å². The molecular formula is C20H21N2O3Pt+. The molecule has 1 unspecified atom stereocenters. The molecule has 6 heteroatoms. The van der Waals surface area contributed by atoms with Crippen molar-refractivity contribution >= 4 is 33.6 Å². The minimum absolute atomic E-state index is 0. The van der Waals surface area contributed by atoms with Crippen LogP contribution in [0.4, 0.5) is 5.69 Å². The first-order chi connectivity index (χ1) is 12.0. The summed E-state index contributed by atoms with van der Waals surface area (Å²) in [5.41, 5.74) is 2.89. The molecule has 1 aromatic heterocycles. The predicted octanol–water partition coefficient (Wildman–Crippen LogP) is 3.80. The summed E-state index contributed by atoms with van der Waals surface area (Å²) in [6, 6.07) is 15.5. The van der Waals surface area contributed by atoms with Crippen LogP contribution in [-0.2, 0) is 25.9 Å². The third kappa shape index (κ3) is 4.22. The fourth-order valence-corrected chi connectivity index (χ4v) is 2.68. The molecule has 1 N–H and O–H groups in total. The van der Waals surface area contributed by atoms with Crippen molar-refractivity contribution in [3.63, 3.8) is 0 Å². The van der Waals surface area contributed by atoms with Crippen molar-refractivity contribution in [2.75, 3.05) is 25.0 Å². The smallest absolute Gasteiger partial charge is 0.513 e. The van der Waals surface area contributed by atoms with Gasteiger partial charge in [-0.3, -0.25) is 4.79 Å². The number of carboxylic acids is 1. The summed E-state index contributed by atoms with van der Waals surface area (Å²) in [7, 11) is 2.08. The van der Waals surface area contributed by atoms with Gasteiger partial charge in [-0.2, -0.15) is 18.2 Å². The fraction of sp³-hybridized carbons (Fsp3) is 0.250. The Morgan fingerprint density at radius 3 is 2.62 bits per heavy atom. The van der Waals surface area contributed by atoms with Gasteiger partial charge >= 0.3 is 21.1 Å². The van der Waals surface area contributed by atoms with E-state index in [9.17, 15) is 4.79 Å². The maximum absolute atomic E-state index is 9.64. The Hall–Kier alpha value is -1.97. The number of hydrogen-bond donors (Lipinski definition) is 1. The number of anilines is 1. The van der Waals surface area contributed by atoms with Crippen LogP contribution in [0.25, 0.3) is 21.9 Å². The minimum atomic E-state index is -0.852. The van der Waals surface area contributed by atoms with Gasteiger partial charge in [-0.25, -0.2) is 4.90 Å². The number of para-hydroxylation sites is 1. The standard InChI is InChI=1S/C16H14N2O.C4H7O2.Pt/c1-17-9-10-18(11-17)14-7-4-6-13-12-5-2-3-8-15(12)19-16(13)14;1-3(2)4(5)6;/h2-6,8,11H,9-10H2,1H3;3H,1H2,2H3,(H,5,6);/q;-1;+2. The van der Waals surface area contributed by atoms with Gasteiger partial charge in [-0.1, -0.05) is 36.4 Å². The maximum atomic E-state index is 9.64. The van der Waals surface area contributed by atoms with Crippen LogP contribution in [0.5, 0.6) is 0 Å². The molecule has 4 rings (SSSR count). The molecule has 26 heavy (non-hydrogen) atoms. The Kier molecular flexibility index (Phi) is 6.74. The number of aliphatic carboxylic acids is 1. The molecular weight excluding hydrogens is 511 g/mol. The quantitative estimate of drug-likeness (QED) is 0.509. The second-order valence-electron chi connectivity index (χ2n) is 6.20. The molecule has 0 radical (unpaired) electrons. The summed E-state index contributed by atoms with van der Waals surface area (Å²) >= 11 is 0. The number of carboxylic acid groups (broad SMARTS) is 1. The number of carbonyl (C=O) groups is 1. The normalized spacial score (nSPS) is 15.1. The van der Waals surface area contributed by atoms with Crippen molar-refractivity contribution in [2.24, 2.45) is 5.92 Å². The van der Waals surface area contributed by atoms with E-state index in [2.05, 4.69) is 48.6 Å². The molecule has 1 fully saturated rings. The monoisotopic (exact) mass is 532 g/mol. The Morgan fingerprint density at radius 1 is 1.31 bits per heavy atom. The molecule has 2 heterocycles. The second-order valence-corrected chi connectivity index (χ2v) is 6.20. The van der Waals surface area contributed by atoms with E-state index in [0.717, 1.165) is 35.3 Å². The third-order valence-electron chi connectivity index (χ3n) is 4.06. The van der Waals surface area contributed by atoms with E-state index in [-0.39, 0.29) is 21.1 Å². The van der Waals surface area contributed by atoms with Gasteiger partial charge in [0.25, 0.3) is 12.6 Å². The van der Waals surface area contributed by atoms with E-state index in [4.69, 9.17) is 9.52 Å². The molecule has 138 valence electrons. The summed E-state index contributed by atoms with van der Waals surface area (Å²) < 4.78 is 6.02. The van der Waals surface area contributed by atoms with Crippen molar-refractivity contribution < 1.29 is 35.4 Å². The van der Waals surface area contributed by atoms with Gasteiger partial charge in [-0.05, 0) is 6.07 Å². The molecule has 0 spiro atoms. The van der Waals surface area contributed by atoms with Crippen LogP contribution in [0.3, 0.4) is 0 Å². The van der Waals surface area contributed by atoms with Crippen molar-refractivity contribution in [3.8, 4) is 0 Å². The summed E-state index contributed by atoms with van der Waals surface area (Å²) in [4.78, 5) is 14.0. The molecule has 1 aliphatic heterocycles. The van der Waals surface area contributed by atoms with Crippen molar-refractivity contribution in [2.45, 2.75) is 6.92 Å². The zero-order valence-electron chi connectivity index (χ0n) is 14.7. The van der Waals surface area contributed by atoms with E-state index in [0.29, 0.717) is 0 Å². The van der Waals surface area contributed by atoms with Gasteiger partial charge in [0.05, 0.1) is 13.1 Å². The zero-order valence-corrected chi connectivity index (χ0v) is 17.0. The Morgan fingerprint density at radius 2 is 2.00 bits per heavy atom. The number of nitrogens with zero attached hydrogens (tertiary/aromatic N) is 2. The molecule has 2 aromatic carbocycles. The van der Waals surface area contributed by atoms with E-state index >= 15 is 0 Å². The number of likely N-dealkylation sites (N-methyl/N-ethyl adjacent to an activating group) is 1. The van der Waals surface area contributed by atoms with Crippen LogP contribution in [0.15, 0.2) is 40.8 Å². The van der Waals surface area contributed by atoms with Crippen LogP contribution < -0.4 is 4.90 Å². The summed E-state index contributed by atoms with van der Waals surface area (Å²) in [5, 5.41) is 10.3. The van der Waals surface area contributed by atoms with Gasteiger partial charge in [-0.15, -0.1) is 4.90 Å². The van der Waals surface area contributed by atoms with Crippen LogP contribution in [0, 0.1) is 25.6 Å². The summed E-state index contributed by atoms with van der Waals surface area (Å²) in [6.45, 7) is 8.89. The van der Waals surface area contributed by atoms with Crippen LogP contribution in [0.2, 0.25) is 0 Å². The number of benzene rings is 2. The summed E-state index contributed by atoms with van der Waals surface area (Å²) in [6.07, 6.45) is 0. The zero-order chi connectivity index (χ0) is 18.0. The summed E-state index contributed by atoms with van der Waals surface area (Å²) in [5.74, 6) is -1.33. The molecule has 1 aliphatic rings. The van der Waals surface area contributed by atoms with Gasteiger partial charge in [0.2, 0.25) is 0 Å². The van der Waals surface area contributed by atoms with Crippen LogP contribution >= 0.6 is 0 Å².